The third-order valence-corrected chi connectivity index (χ3v) is 12.9. The Morgan fingerprint density at radius 2 is 1.32 bits per heavy atom. The Labute approximate surface area is 345 Å². The van der Waals surface area contributed by atoms with Crippen LogP contribution in [-0.2, 0) is 32.1 Å². The van der Waals surface area contributed by atoms with Gasteiger partial charge in [0.15, 0.2) is 5.82 Å². The molecule has 0 bridgehead atoms. The number of aromatic amines is 1. The molecular weight excluding hydrogens is 783 g/mol. The molecule has 17 heteroatoms. The fraction of sp³-hybridized carbons (Fsp3) is 0.558. The maximum absolute atomic E-state index is 15.5. The molecule has 2 aromatic heterocycles. The predicted octanol–water partition coefficient (Wildman–Crippen LogP) is 3.89. The van der Waals surface area contributed by atoms with Crippen LogP contribution in [0.5, 0.6) is 0 Å². The average Bonchev–Trinajstić information content (AvgIpc) is 4.13. The Bertz CT molecular complexity index is 2130. The first-order valence-electron chi connectivity index (χ1n) is 21.0. The largest absolute Gasteiger partial charge is 0.352 e. The Balaban J connectivity index is 1.16. The van der Waals surface area contributed by atoms with Gasteiger partial charge in [-0.2, -0.15) is 0 Å². The quantitative estimate of drug-likeness (QED) is 0.114. The van der Waals surface area contributed by atoms with Crippen LogP contribution in [0.2, 0.25) is 0 Å². The summed E-state index contributed by atoms with van der Waals surface area (Å²) in [6, 6.07) is 4.37. The number of aromatic nitrogens is 3. The summed E-state index contributed by atoms with van der Waals surface area (Å²) in [6.45, 7) is 3.12. The Hall–Kier alpha value is -5.03. The van der Waals surface area contributed by atoms with E-state index in [9.17, 15) is 28.0 Å². The number of hydrogen-bond donors (Lipinski definition) is 5. The van der Waals surface area contributed by atoms with Crippen LogP contribution in [-0.4, -0.2) is 124 Å². The van der Waals surface area contributed by atoms with Crippen molar-refractivity contribution in [3.05, 3.63) is 53.6 Å². The highest BCUT2D eigenvalue weighted by Crippen LogP contribution is 2.40. The molecule has 4 fully saturated rings. The topological polar surface area (TPSA) is 156 Å². The van der Waals surface area contributed by atoms with Gasteiger partial charge in [-0.3, -0.25) is 19.2 Å². The minimum absolute atomic E-state index is 0.0118. The van der Waals surface area contributed by atoms with Crippen LogP contribution >= 0.6 is 0 Å². The second-order valence-electron chi connectivity index (χ2n) is 17.2. The smallest absolute Gasteiger partial charge is 0.245 e. The fourth-order valence-corrected chi connectivity index (χ4v) is 8.98. The van der Waals surface area contributed by atoms with E-state index in [1.165, 1.54) is 34.1 Å². The van der Waals surface area contributed by atoms with Gasteiger partial charge in [0, 0.05) is 42.4 Å². The van der Waals surface area contributed by atoms with Crippen molar-refractivity contribution in [3.8, 4) is 11.5 Å². The summed E-state index contributed by atoms with van der Waals surface area (Å²) in [5, 5.41) is 12.2. The van der Waals surface area contributed by atoms with Crippen LogP contribution < -0.4 is 21.3 Å². The Kier molecular flexibility index (Phi) is 11.7. The zero-order chi connectivity index (χ0) is 42.6. The fourth-order valence-electron chi connectivity index (χ4n) is 8.98. The number of amides is 4. The minimum atomic E-state index is -1.33. The minimum Gasteiger partial charge on any atom is -0.352 e. The highest BCUT2D eigenvalue weighted by atomic mass is 19.1. The number of imidazole rings is 1. The molecule has 5 N–H and O–H groups in total. The number of nitrogens with one attached hydrogen (secondary N) is 5. The molecule has 2 aromatic carbocycles. The molecule has 0 spiro atoms. The Morgan fingerprint density at radius 3 is 1.88 bits per heavy atom. The number of alkyl halides is 2. The molecule has 2 saturated carbocycles. The predicted molar refractivity (Wildman–Crippen MR) is 217 cm³/mol. The van der Waals surface area contributed by atoms with Crippen LogP contribution in [0.1, 0.15) is 57.9 Å². The van der Waals surface area contributed by atoms with Crippen molar-refractivity contribution in [2.75, 3.05) is 27.2 Å². The van der Waals surface area contributed by atoms with Gasteiger partial charge in [0.05, 0.1) is 47.9 Å². The van der Waals surface area contributed by atoms with Crippen LogP contribution in [0.25, 0.3) is 33.5 Å². The number of carbonyl (C=O) groups excluding carboxylic acids is 4. The molecule has 8 rings (SSSR count). The van der Waals surface area contributed by atoms with E-state index in [2.05, 4.69) is 26.3 Å². The van der Waals surface area contributed by atoms with E-state index < -0.39 is 60.2 Å². The zero-order valence-corrected chi connectivity index (χ0v) is 34.2. The van der Waals surface area contributed by atoms with Gasteiger partial charge in [0.1, 0.15) is 36.1 Å². The van der Waals surface area contributed by atoms with Crippen molar-refractivity contribution in [2.45, 2.75) is 114 Å². The summed E-state index contributed by atoms with van der Waals surface area (Å²) in [6.07, 6.45) is 0.550. The molecule has 2 aliphatic carbocycles. The first-order chi connectivity index (χ1) is 28.7. The molecule has 322 valence electrons. The van der Waals surface area contributed by atoms with Crippen LogP contribution in [0, 0.1) is 23.5 Å². The number of benzene rings is 2. The van der Waals surface area contributed by atoms with Gasteiger partial charge in [0.25, 0.3) is 0 Å². The number of carbonyl (C=O) groups is 4. The first kappa shape index (κ1) is 41.7. The summed E-state index contributed by atoms with van der Waals surface area (Å²) in [4.78, 5) is 65.6. The van der Waals surface area contributed by atoms with Crippen molar-refractivity contribution in [2.24, 2.45) is 11.8 Å². The van der Waals surface area contributed by atoms with E-state index >= 15 is 8.78 Å². The van der Waals surface area contributed by atoms with Gasteiger partial charge >= 0.3 is 0 Å². The molecule has 4 heterocycles. The van der Waals surface area contributed by atoms with E-state index in [1.54, 1.807) is 44.6 Å². The molecule has 2 saturated heterocycles. The number of likely N-dealkylation sites (tertiary alicyclic amines) is 2. The second-order valence-corrected chi connectivity index (χ2v) is 17.2. The molecule has 4 aliphatic rings. The standard InChI is InChI=1S/C43H53F4N9O4/c1-21(48-3)40(57)52-36(23-5-6-23)42(59)54-18-27(46)13-29(54)17-32-31-11-9-25(44)15-33(31)50-38(32)39-51-34-16-26(45)10-12-35(34)56(39)20-30-14-28(47)19-55(30)43(60)37(24-7-8-24)53-41(58)22(2)49-4/h9-12,15-16,21-24,27-30,36-37,48-50H,5-8,13-14,17-20H2,1-4H3,(H,52,57)(H,53,58)/t21-,22-,27-,28-,29-,30-,36?,37?/m0/s1. The molecule has 0 radical (unpaired) electrons. The SMILES string of the molecule is CN[C@@H](C)C(=O)NC(C(=O)N1C[C@@H](F)C[C@H]1Cc1c(-c2nc3cc(F)ccc3n2C[C@@H]2C[C@H](F)CN2C(=O)C(NC(=O)[C@H](C)NC)C2CC2)[nH]c2cc(F)ccc12)C1CC1. The second kappa shape index (κ2) is 16.8. The molecule has 8 atom stereocenters. The summed E-state index contributed by atoms with van der Waals surface area (Å²) in [5.41, 5.74) is 2.26. The van der Waals surface area contributed by atoms with Crippen LogP contribution in [0.3, 0.4) is 0 Å². The number of hydrogen-bond acceptors (Lipinski definition) is 7. The maximum Gasteiger partial charge on any atom is 0.245 e. The van der Waals surface area contributed by atoms with Gasteiger partial charge in [0.2, 0.25) is 23.6 Å². The molecule has 13 nitrogen and oxygen atoms in total. The van der Waals surface area contributed by atoms with E-state index in [4.69, 9.17) is 4.98 Å². The summed E-state index contributed by atoms with van der Waals surface area (Å²) in [5.74, 6) is -2.25. The van der Waals surface area contributed by atoms with E-state index in [-0.39, 0.29) is 79.9 Å². The lowest BCUT2D eigenvalue weighted by Gasteiger charge is -2.30. The highest BCUT2D eigenvalue weighted by Gasteiger charge is 2.46. The van der Waals surface area contributed by atoms with Gasteiger partial charge in [-0.15, -0.1) is 0 Å². The highest BCUT2D eigenvalue weighted by molar-refractivity contribution is 5.93. The van der Waals surface area contributed by atoms with Crippen LogP contribution in [0.4, 0.5) is 17.6 Å². The van der Waals surface area contributed by atoms with Crippen molar-refractivity contribution >= 4 is 45.6 Å². The van der Waals surface area contributed by atoms with Gasteiger partial charge in [-0.1, -0.05) is 0 Å². The number of fused-ring (bicyclic) bond motifs is 2. The first-order valence-corrected chi connectivity index (χ1v) is 21.0. The molecule has 2 aliphatic heterocycles. The third-order valence-electron chi connectivity index (χ3n) is 12.9. The lowest BCUT2D eigenvalue weighted by Crippen LogP contribution is -2.54. The lowest BCUT2D eigenvalue weighted by molar-refractivity contribution is -0.138. The molecule has 60 heavy (non-hydrogen) atoms. The number of nitrogens with zero attached hydrogens (tertiary/aromatic N) is 4. The molecule has 4 aromatic rings. The number of H-pyrrole nitrogens is 1. The van der Waals surface area contributed by atoms with E-state index in [0.29, 0.717) is 33.5 Å². The third kappa shape index (κ3) is 8.34. The van der Waals surface area contributed by atoms with Gasteiger partial charge in [-0.05, 0) is 108 Å². The average molecular weight is 836 g/mol. The zero-order valence-electron chi connectivity index (χ0n) is 34.2. The van der Waals surface area contributed by atoms with Crippen molar-refractivity contribution in [3.63, 3.8) is 0 Å². The van der Waals surface area contributed by atoms with Gasteiger partial charge < -0.3 is 40.6 Å². The van der Waals surface area contributed by atoms with E-state index in [1.807, 2.05) is 0 Å². The number of halogens is 4. The van der Waals surface area contributed by atoms with E-state index in [0.717, 1.165) is 25.7 Å². The summed E-state index contributed by atoms with van der Waals surface area (Å²) in [7, 11) is 3.30. The summed E-state index contributed by atoms with van der Waals surface area (Å²) < 4.78 is 62.4. The van der Waals surface area contributed by atoms with Crippen molar-refractivity contribution in [1.29, 1.82) is 0 Å². The normalized spacial score (nSPS) is 23.9. The van der Waals surface area contributed by atoms with Crippen molar-refractivity contribution in [1.82, 2.24) is 45.6 Å². The number of likely N-dealkylation sites (N-methyl/N-ethyl adjacent to an activating group) is 2. The Morgan fingerprint density at radius 1 is 0.783 bits per heavy atom. The maximum atomic E-state index is 15.5. The molecule has 4 amide bonds. The van der Waals surface area contributed by atoms with Crippen molar-refractivity contribution < 1.29 is 36.7 Å². The van der Waals surface area contributed by atoms with Gasteiger partial charge in [-0.25, -0.2) is 22.5 Å². The molecular formula is C43H53F4N9O4. The number of rotatable bonds is 15. The molecule has 2 unspecified atom stereocenters. The lowest BCUT2D eigenvalue weighted by atomic mass is 9.99. The van der Waals surface area contributed by atoms with Crippen LogP contribution in [0.15, 0.2) is 36.4 Å². The summed E-state index contributed by atoms with van der Waals surface area (Å²) >= 11 is 0. The monoisotopic (exact) mass is 835 g/mol.